The van der Waals surface area contributed by atoms with E-state index in [1.54, 1.807) is 19.1 Å². The van der Waals surface area contributed by atoms with E-state index in [9.17, 15) is 4.79 Å². The second-order valence-corrected chi connectivity index (χ2v) is 4.88. The highest BCUT2D eigenvalue weighted by Crippen LogP contribution is 2.21. The molecule has 0 aliphatic carbocycles. The van der Waals surface area contributed by atoms with Crippen molar-refractivity contribution in [1.82, 2.24) is 0 Å². The van der Waals surface area contributed by atoms with Gasteiger partial charge in [0.25, 0.3) is 5.91 Å². The lowest BCUT2D eigenvalue weighted by atomic mass is 10.0. The van der Waals surface area contributed by atoms with Gasteiger partial charge in [-0.2, -0.15) is 0 Å². The lowest BCUT2D eigenvalue weighted by Crippen LogP contribution is -2.26. The highest BCUT2D eigenvalue weighted by Gasteiger charge is 2.15. The monoisotopic (exact) mass is 269 g/mol. The van der Waals surface area contributed by atoms with Crippen LogP contribution in [0.5, 0.6) is 5.75 Å². The summed E-state index contributed by atoms with van der Waals surface area (Å²) in [5.74, 6) is 0.776. The van der Waals surface area contributed by atoms with Crippen LogP contribution in [0.4, 0.5) is 5.69 Å². The second kappa shape index (κ2) is 5.78. The molecule has 0 aliphatic heterocycles. The molecule has 2 aromatic rings. The summed E-state index contributed by atoms with van der Waals surface area (Å²) in [6.07, 6.45) is 0. The molecule has 2 aromatic carbocycles. The fraction of sp³-hybridized carbons (Fsp3) is 0.235. The standard InChI is InChI=1S/C17H19NO2/c1-12-5-6-13(2)16(11-12)17(19)18(3)14-7-9-15(20-4)10-8-14/h5-11H,1-4H3. The van der Waals surface area contributed by atoms with Crippen LogP contribution in [-0.4, -0.2) is 20.1 Å². The normalized spacial score (nSPS) is 10.2. The van der Waals surface area contributed by atoms with Gasteiger partial charge >= 0.3 is 0 Å². The van der Waals surface area contributed by atoms with Crippen molar-refractivity contribution in [3.05, 3.63) is 59.2 Å². The van der Waals surface area contributed by atoms with E-state index in [-0.39, 0.29) is 5.91 Å². The molecule has 3 heteroatoms. The average Bonchev–Trinajstić information content (AvgIpc) is 2.48. The number of carbonyl (C=O) groups excluding carboxylic acids is 1. The maximum absolute atomic E-state index is 12.6. The van der Waals surface area contributed by atoms with Crippen molar-refractivity contribution in [2.45, 2.75) is 13.8 Å². The third kappa shape index (κ3) is 2.82. The Hall–Kier alpha value is -2.29. The van der Waals surface area contributed by atoms with Gasteiger partial charge in [0.05, 0.1) is 7.11 Å². The zero-order chi connectivity index (χ0) is 14.7. The molecule has 3 nitrogen and oxygen atoms in total. The first kappa shape index (κ1) is 14.1. The minimum Gasteiger partial charge on any atom is -0.497 e. The van der Waals surface area contributed by atoms with E-state index >= 15 is 0 Å². The van der Waals surface area contributed by atoms with Gasteiger partial charge in [-0.25, -0.2) is 0 Å². The first-order valence-corrected chi connectivity index (χ1v) is 6.52. The van der Waals surface area contributed by atoms with Crippen LogP contribution in [-0.2, 0) is 0 Å². The van der Waals surface area contributed by atoms with Gasteiger partial charge in [-0.05, 0) is 49.7 Å². The van der Waals surface area contributed by atoms with E-state index in [1.807, 2.05) is 56.3 Å². The van der Waals surface area contributed by atoms with Crippen molar-refractivity contribution in [1.29, 1.82) is 0 Å². The summed E-state index contributed by atoms with van der Waals surface area (Å²) in [4.78, 5) is 14.2. The Morgan fingerprint density at radius 1 is 1.05 bits per heavy atom. The molecule has 0 fully saturated rings. The van der Waals surface area contributed by atoms with Crippen molar-refractivity contribution in [3.8, 4) is 5.75 Å². The molecule has 0 radical (unpaired) electrons. The number of nitrogens with zero attached hydrogens (tertiary/aromatic N) is 1. The summed E-state index contributed by atoms with van der Waals surface area (Å²) in [6, 6.07) is 13.4. The Bertz CT molecular complexity index is 617. The fourth-order valence-electron chi connectivity index (χ4n) is 2.07. The van der Waals surface area contributed by atoms with Gasteiger partial charge in [-0.3, -0.25) is 4.79 Å². The SMILES string of the molecule is COc1ccc(N(C)C(=O)c2cc(C)ccc2C)cc1. The summed E-state index contributed by atoms with van der Waals surface area (Å²) in [6.45, 7) is 3.94. The van der Waals surface area contributed by atoms with E-state index in [0.29, 0.717) is 0 Å². The van der Waals surface area contributed by atoms with E-state index in [2.05, 4.69) is 0 Å². The largest absolute Gasteiger partial charge is 0.497 e. The molecule has 0 spiro atoms. The van der Waals surface area contributed by atoms with Crippen molar-refractivity contribution in [3.63, 3.8) is 0 Å². The first-order valence-electron chi connectivity index (χ1n) is 6.52. The van der Waals surface area contributed by atoms with Crippen molar-refractivity contribution in [2.75, 3.05) is 19.1 Å². The molecule has 0 atom stereocenters. The molecule has 0 unspecified atom stereocenters. The number of ether oxygens (including phenoxy) is 1. The Morgan fingerprint density at radius 3 is 2.30 bits per heavy atom. The smallest absolute Gasteiger partial charge is 0.258 e. The average molecular weight is 269 g/mol. The molecule has 0 saturated carbocycles. The first-order chi connectivity index (χ1) is 9.52. The number of benzene rings is 2. The topological polar surface area (TPSA) is 29.5 Å². The molecule has 0 aromatic heterocycles. The van der Waals surface area contributed by atoms with Gasteiger partial charge in [0, 0.05) is 18.3 Å². The van der Waals surface area contributed by atoms with Gasteiger partial charge < -0.3 is 9.64 Å². The Morgan fingerprint density at radius 2 is 1.70 bits per heavy atom. The molecule has 104 valence electrons. The van der Waals surface area contributed by atoms with Crippen LogP contribution in [0.2, 0.25) is 0 Å². The number of carbonyl (C=O) groups is 1. The number of methoxy groups -OCH3 is 1. The summed E-state index contributed by atoms with van der Waals surface area (Å²) < 4.78 is 5.13. The van der Waals surface area contributed by atoms with E-state index in [1.165, 1.54) is 0 Å². The van der Waals surface area contributed by atoms with Gasteiger partial charge in [0.15, 0.2) is 0 Å². The van der Waals surface area contributed by atoms with E-state index in [0.717, 1.165) is 28.1 Å². The van der Waals surface area contributed by atoms with Crippen molar-refractivity contribution >= 4 is 11.6 Å². The zero-order valence-corrected chi connectivity index (χ0v) is 12.3. The molecular formula is C17H19NO2. The lowest BCUT2D eigenvalue weighted by Gasteiger charge is -2.19. The maximum Gasteiger partial charge on any atom is 0.258 e. The Kier molecular flexibility index (Phi) is 4.08. The van der Waals surface area contributed by atoms with Crippen LogP contribution in [0.1, 0.15) is 21.5 Å². The van der Waals surface area contributed by atoms with Crippen LogP contribution in [0, 0.1) is 13.8 Å². The minimum atomic E-state index is -0.00336. The molecule has 20 heavy (non-hydrogen) atoms. The van der Waals surface area contributed by atoms with Crippen LogP contribution >= 0.6 is 0 Å². The quantitative estimate of drug-likeness (QED) is 0.852. The van der Waals surface area contributed by atoms with Crippen LogP contribution < -0.4 is 9.64 Å². The number of aryl methyl sites for hydroxylation is 2. The maximum atomic E-state index is 12.6. The number of hydrogen-bond donors (Lipinski definition) is 0. The predicted molar refractivity (Wildman–Crippen MR) is 81.6 cm³/mol. The van der Waals surface area contributed by atoms with Crippen molar-refractivity contribution < 1.29 is 9.53 Å². The van der Waals surface area contributed by atoms with Crippen LogP contribution in [0.15, 0.2) is 42.5 Å². The third-order valence-corrected chi connectivity index (χ3v) is 3.39. The summed E-state index contributed by atoms with van der Waals surface area (Å²) >= 11 is 0. The van der Waals surface area contributed by atoms with E-state index < -0.39 is 0 Å². The molecule has 0 N–H and O–H groups in total. The number of amides is 1. The molecule has 0 aliphatic rings. The number of anilines is 1. The predicted octanol–water partition coefficient (Wildman–Crippen LogP) is 3.59. The molecule has 1 amide bonds. The van der Waals surface area contributed by atoms with Crippen LogP contribution in [0.25, 0.3) is 0 Å². The minimum absolute atomic E-state index is 0.00336. The molecule has 0 heterocycles. The lowest BCUT2D eigenvalue weighted by molar-refractivity contribution is 0.0992. The summed E-state index contributed by atoms with van der Waals surface area (Å²) in [7, 11) is 3.41. The van der Waals surface area contributed by atoms with Gasteiger partial charge in [-0.15, -0.1) is 0 Å². The fourth-order valence-corrected chi connectivity index (χ4v) is 2.07. The van der Waals surface area contributed by atoms with Gasteiger partial charge in [0.1, 0.15) is 5.75 Å². The summed E-state index contributed by atoms with van der Waals surface area (Å²) in [5.41, 5.74) is 3.66. The molecular weight excluding hydrogens is 250 g/mol. The van der Waals surface area contributed by atoms with E-state index in [4.69, 9.17) is 4.74 Å². The Balaban J connectivity index is 2.29. The second-order valence-electron chi connectivity index (χ2n) is 4.88. The number of rotatable bonds is 3. The zero-order valence-electron chi connectivity index (χ0n) is 12.3. The summed E-state index contributed by atoms with van der Waals surface area (Å²) in [5, 5.41) is 0. The number of hydrogen-bond acceptors (Lipinski definition) is 2. The molecule has 0 bridgehead atoms. The Labute approximate surface area is 119 Å². The third-order valence-electron chi connectivity index (χ3n) is 3.39. The molecule has 0 saturated heterocycles. The van der Waals surface area contributed by atoms with Crippen LogP contribution in [0.3, 0.4) is 0 Å². The van der Waals surface area contributed by atoms with Crippen molar-refractivity contribution in [2.24, 2.45) is 0 Å². The van der Waals surface area contributed by atoms with Gasteiger partial charge in [-0.1, -0.05) is 17.7 Å². The highest BCUT2D eigenvalue weighted by molar-refractivity contribution is 6.06. The molecule has 2 rings (SSSR count). The highest BCUT2D eigenvalue weighted by atomic mass is 16.5. The van der Waals surface area contributed by atoms with Gasteiger partial charge in [0.2, 0.25) is 0 Å².